The molecule has 0 amide bonds. The van der Waals surface area contributed by atoms with Crippen LogP contribution in [0.2, 0.25) is 0 Å². The largest absolute Gasteiger partial charge is 0.455 e. The van der Waals surface area contributed by atoms with Crippen LogP contribution in [0.3, 0.4) is 0 Å². The summed E-state index contributed by atoms with van der Waals surface area (Å²) in [6, 6.07) is 0. The molecule has 0 aliphatic carbocycles. The number of hydrogen-bond acceptors (Lipinski definition) is 2. The second-order valence-corrected chi connectivity index (χ2v) is 2.61. The highest BCUT2D eigenvalue weighted by Crippen LogP contribution is 2.18. The van der Waals surface area contributed by atoms with Gasteiger partial charge in [-0.15, -0.1) is 0 Å². The Kier molecular flexibility index (Phi) is 2.47. The van der Waals surface area contributed by atoms with Crippen molar-refractivity contribution in [1.82, 2.24) is 0 Å². The SMILES string of the molecule is C=C1CCC(/C=C/C)OC1=O. The van der Waals surface area contributed by atoms with Gasteiger partial charge < -0.3 is 4.74 Å². The molecular formula is C9H12O2. The van der Waals surface area contributed by atoms with E-state index in [0.29, 0.717) is 5.57 Å². The number of cyclic esters (lactones) is 1. The van der Waals surface area contributed by atoms with E-state index in [0.717, 1.165) is 12.8 Å². The highest BCUT2D eigenvalue weighted by Gasteiger charge is 2.20. The maximum atomic E-state index is 10.9. The van der Waals surface area contributed by atoms with E-state index in [1.54, 1.807) is 0 Å². The van der Waals surface area contributed by atoms with Crippen LogP contribution in [0.15, 0.2) is 24.3 Å². The molecule has 1 saturated heterocycles. The molecule has 0 N–H and O–H groups in total. The average molecular weight is 152 g/mol. The zero-order chi connectivity index (χ0) is 8.27. The van der Waals surface area contributed by atoms with Crippen molar-refractivity contribution in [3.05, 3.63) is 24.3 Å². The Labute approximate surface area is 66.5 Å². The van der Waals surface area contributed by atoms with E-state index in [4.69, 9.17) is 4.74 Å². The van der Waals surface area contributed by atoms with E-state index in [2.05, 4.69) is 6.58 Å². The first-order chi connectivity index (χ1) is 5.24. The number of carbonyl (C=O) groups is 1. The summed E-state index contributed by atoms with van der Waals surface area (Å²) in [4.78, 5) is 10.9. The first kappa shape index (κ1) is 8.05. The smallest absolute Gasteiger partial charge is 0.333 e. The van der Waals surface area contributed by atoms with Gasteiger partial charge in [0.2, 0.25) is 0 Å². The van der Waals surface area contributed by atoms with Gasteiger partial charge in [0.15, 0.2) is 0 Å². The van der Waals surface area contributed by atoms with Gasteiger partial charge in [-0.3, -0.25) is 0 Å². The number of esters is 1. The summed E-state index contributed by atoms with van der Waals surface area (Å²) in [6.45, 7) is 5.51. The van der Waals surface area contributed by atoms with Crippen molar-refractivity contribution in [2.45, 2.75) is 25.9 Å². The fraction of sp³-hybridized carbons (Fsp3) is 0.444. The number of carbonyl (C=O) groups excluding carboxylic acids is 1. The maximum Gasteiger partial charge on any atom is 0.333 e. The fourth-order valence-corrected chi connectivity index (χ4v) is 1.05. The second-order valence-electron chi connectivity index (χ2n) is 2.61. The van der Waals surface area contributed by atoms with Gasteiger partial charge in [-0.2, -0.15) is 0 Å². The zero-order valence-corrected chi connectivity index (χ0v) is 6.67. The van der Waals surface area contributed by atoms with Crippen LogP contribution >= 0.6 is 0 Å². The van der Waals surface area contributed by atoms with Crippen LogP contribution in [0.1, 0.15) is 19.8 Å². The Bertz CT molecular complexity index is 204. The molecule has 1 unspecified atom stereocenters. The van der Waals surface area contributed by atoms with Crippen molar-refractivity contribution in [1.29, 1.82) is 0 Å². The monoisotopic (exact) mass is 152 g/mol. The maximum absolute atomic E-state index is 10.9. The molecule has 2 heteroatoms. The van der Waals surface area contributed by atoms with Crippen molar-refractivity contribution in [3.8, 4) is 0 Å². The third-order valence-corrected chi connectivity index (χ3v) is 1.68. The van der Waals surface area contributed by atoms with E-state index in [1.165, 1.54) is 0 Å². The molecule has 1 heterocycles. The molecule has 0 saturated carbocycles. The minimum Gasteiger partial charge on any atom is -0.455 e. The molecule has 0 aromatic heterocycles. The minimum atomic E-state index is -0.251. The van der Waals surface area contributed by atoms with Gasteiger partial charge in [-0.1, -0.05) is 12.7 Å². The molecule has 60 valence electrons. The molecule has 1 fully saturated rings. The van der Waals surface area contributed by atoms with Gasteiger partial charge in [-0.05, 0) is 25.8 Å². The average Bonchev–Trinajstić information content (AvgIpc) is 1.98. The van der Waals surface area contributed by atoms with Crippen LogP contribution in [0.4, 0.5) is 0 Å². The lowest BCUT2D eigenvalue weighted by Crippen LogP contribution is -2.23. The second kappa shape index (κ2) is 3.37. The molecule has 0 spiro atoms. The molecule has 1 aliphatic rings. The molecule has 11 heavy (non-hydrogen) atoms. The summed E-state index contributed by atoms with van der Waals surface area (Å²) in [7, 11) is 0. The number of allylic oxidation sites excluding steroid dienone is 1. The summed E-state index contributed by atoms with van der Waals surface area (Å²) in [5, 5.41) is 0. The highest BCUT2D eigenvalue weighted by molar-refractivity contribution is 5.88. The van der Waals surface area contributed by atoms with Crippen molar-refractivity contribution < 1.29 is 9.53 Å². The van der Waals surface area contributed by atoms with Gasteiger partial charge in [-0.25, -0.2) is 4.79 Å². The summed E-state index contributed by atoms with van der Waals surface area (Å²) >= 11 is 0. The molecule has 1 atom stereocenters. The first-order valence-electron chi connectivity index (χ1n) is 3.75. The normalized spacial score (nSPS) is 25.7. The number of rotatable bonds is 1. The molecule has 0 aromatic carbocycles. The molecular weight excluding hydrogens is 140 g/mol. The Morgan fingerprint density at radius 1 is 1.73 bits per heavy atom. The molecule has 1 aliphatic heterocycles. The van der Waals surface area contributed by atoms with E-state index >= 15 is 0 Å². The van der Waals surface area contributed by atoms with Gasteiger partial charge in [0, 0.05) is 5.57 Å². The van der Waals surface area contributed by atoms with Crippen LogP contribution in [-0.4, -0.2) is 12.1 Å². The summed E-state index contributed by atoms with van der Waals surface area (Å²) in [5.74, 6) is -0.251. The van der Waals surface area contributed by atoms with Gasteiger partial charge in [0.1, 0.15) is 6.10 Å². The standard InChI is InChI=1S/C9H12O2/c1-3-4-8-6-5-7(2)9(10)11-8/h3-4,8H,2,5-6H2,1H3/b4-3+. The third kappa shape index (κ3) is 1.93. The van der Waals surface area contributed by atoms with E-state index in [9.17, 15) is 4.79 Å². The van der Waals surface area contributed by atoms with Crippen LogP contribution < -0.4 is 0 Å². The molecule has 0 aromatic rings. The molecule has 0 bridgehead atoms. The molecule has 1 rings (SSSR count). The molecule has 2 nitrogen and oxygen atoms in total. The van der Waals surface area contributed by atoms with Crippen molar-refractivity contribution in [3.63, 3.8) is 0 Å². The summed E-state index contributed by atoms with van der Waals surface area (Å²) < 4.78 is 5.01. The van der Waals surface area contributed by atoms with Crippen molar-refractivity contribution in [2.24, 2.45) is 0 Å². The van der Waals surface area contributed by atoms with E-state index in [1.807, 2.05) is 19.1 Å². The number of hydrogen-bond donors (Lipinski definition) is 0. The summed E-state index contributed by atoms with van der Waals surface area (Å²) in [5.41, 5.74) is 0.589. The van der Waals surface area contributed by atoms with E-state index in [-0.39, 0.29) is 12.1 Å². The third-order valence-electron chi connectivity index (χ3n) is 1.68. The zero-order valence-electron chi connectivity index (χ0n) is 6.67. The Morgan fingerprint density at radius 3 is 3.00 bits per heavy atom. The lowest BCUT2D eigenvalue weighted by atomic mass is 10.1. The fourth-order valence-electron chi connectivity index (χ4n) is 1.05. The highest BCUT2D eigenvalue weighted by atomic mass is 16.5. The lowest BCUT2D eigenvalue weighted by molar-refractivity contribution is -0.144. The van der Waals surface area contributed by atoms with E-state index < -0.39 is 0 Å². The lowest BCUT2D eigenvalue weighted by Gasteiger charge is -2.20. The minimum absolute atomic E-state index is 0.0296. The van der Waals surface area contributed by atoms with Gasteiger partial charge in [0.25, 0.3) is 0 Å². The van der Waals surface area contributed by atoms with Crippen molar-refractivity contribution >= 4 is 5.97 Å². The first-order valence-corrected chi connectivity index (χ1v) is 3.75. The topological polar surface area (TPSA) is 26.3 Å². The van der Waals surface area contributed by atoms with Gasteiger partial charge >= 0.3 is 5.97 Å². The van der Waals surface area contributed by atoms with Crippen LogP contribution in [0.25, 0.3) is 0 Å². The van der Waals surface area contributed by atoms with Gasteiger partial charge in [0.05, 0.1) is 0 Å². The number of ether oxygens (including phenoxy) is 1. The van der Waals surface area contributed by atoms with Crippen LogP contribution in [-0.2, 0) is 9.53 Å². The van der Waals surface area contributed by atoms with Crippen molar-refractivity contribution in [2.75, 3.05) is 0 Å². The Morgan fingerprint density at radius 2 is 2.45 bits per heavy atom. The van der Waals surface area contributed by atoms with Crippen LogP contribution in [0.5, 0.6) is 0 Å². The van der Waals surface area contributed by atoms with Crippen LogP contribution in [0, 0.1) is 0 Å². The Balaban J connectivity index is 2.52. The quantitative estimate of drug-likeness (QED) is 0.325. The predicted octanol–water partition coefficient (Wildman–Crippen LogP) is 1.82. The summed E-state index contributed by atoms with van der Waals surface area (Å²) in [6.07, 6.45) is 5.39. The predicted molar refractivity (Wildman–Crippen MR) is 43.1 cm³/mol. The Hall–Kier alpha value is -1.05. The molecule has 0 radical (unpaired) electrons.